The van der Waals surface area contributed by atoms with E-state index >= 15 is 0 Å². The third-order valence-corrected chi connectivity index (χ3v) is 8.06. The zero-order valence-corrected chi connectivity index (χ0v) is 23.8. The van der Waals surface area contributed by atoms with Gasteiger partial charge in [-0.15, -0.1) is 0 Å². The third-order valence-electron chi connectivity index (χ3n) is 7.61. The summed E-state index contributed by atoms with van der Waals surface area (Å²) in [6.45, 7) is 0.968. The third kappa shape index (κ3) is 7.18. The largest absolute Gasteiger partial charge is 0.488 e. The van der Waals surface area contributed by atoms with Crippen molar-refractivity contribution in [1.29, 1.82) is 0 Å². The highest BCUT2D eigenvalue weighted by Gasteiger charge is 2.38. The molecule has 4 nitrogen and oxygen atoms in total. The lowest BCUT2D eigenvalue weighted by Gasteiger charge is -2.29. The topological polar surface area (TPSA) is 41.6 Å². The molecule has 228 valence electrons. The molecule has 1 aliphatic heterocycles. The van der Waals surface area contributed by atoms with Gasteiger partial charge >= 0.3 is 6.18 Å². The van der Waals surface area contributed by atoms with E-state index in [9.17, 15) is 31.1 Å². The van der Waals surface area contributed by atoms with Crippen molar-refractivity contribution >= 4 is 23.1 Å². The first kappa shape index (κ1) is 30.9. The van der Waals surface area contributed by atoms with Crippen LogP contribution in [0, 0.1) is 17.5 Å². The number of hydrogen-bond donors (Lipinski definition) is 1. The lowest BCUT2D eigenvalue weighted by molar-refractivity contribution is -0.137. The van der Waals surface area contributed by atoms with Gasteiger partial charge in [-0.05, 0) is 79.1 Å². The minimum absolute atomic E-state index is 0.0125. The maximum absolute atomic E-state index is 13.9. The zero-order chi connectivity index (χ0) is 30.7. The molecule has 3 aromatic rings. The van der Waals surface area contributed by atoms with Gasteiger partial charge in [-0.2, -0.15) is 17.6 Å². The van der Waals surface area contributed by atoms with Crippen molar-refractivity contribution < 1.29 is 35.9 Å². The fourth-order valence-corrected chi connectivity index (χ4v) is 5.50. The molecule has 1 fully saturated rings. The van der Waals surface area contributed by atoms with Crippen molar-refractivity contribution in [1.82, 2.24) is 10.2 Å². The number of nitrogens with zero attached hydrogens (tertiary/aromatic N) is 1. The Morgan fingerprint density at radius 3 is 2.42 bits per heavy atom. The Labute approximate surface area is 250 Å². The van der Waals surface area contributed by atoms with Crippen LogP contribution >= 0.6 is 11.6 Å². The van der Waals surface area contributed by atoms with Crippen molar-refractivity contribution in [3.05, 3.63) is 105 Å². The molecule has 0 spiro atoms. The molecule has 0 aromatic heterocycles. The van der Waals surface area contributed by atoms with Gasteiger partial charge in [0.15, 0.2) is 17.4 Å². The first-order valence-corrected chi connectivity index (χ1v) is 14.4. The number of carbonyl (C=O) groups excluding carboxylic acids is 1. The van der Waals surface area contributed by atoms with Crippen LogP contribution in [0.3, 0.4) is 0 Å². The van der Waals surface area contributed by atoms with E-state index in [1.165, 1.54) is 12.1 Å². The monoisotopic (exact) mass is 622 g/mol. The van der Waals surface area contributed by atoms with Crippen molar-refractivity contribution in [3.63, 3.8) is 0 Å². The SMILES string of the molecule is O=C(C1=C(c2ccc(CCCOc3c(F)ccc(F)c3F)cc2)CCNC1)N(Cc1cccc(C(F)(F)F)c1Cl)C1CC1. The minimum atomic E-state index is -4.60. The van der Waals surface area contributed by atoms with Gasteiger partial charge in [-0.3, -0.25) is 4.79 Å². The molecule has 1 heterocycles. The summed E-state index contributed by atoms with van der Waals surface area (Å²) in [5.41, 5.74) is 2.57. The van der Waals surface area contributed by atoms with E-state index in [1.807, 2.05) is 24.3 Å². The molecule has 1 aliphatic carbocycles. The molecule has 1 saturated carbocycles. The minimum Gasteiger partial charge on any atom is -0.488 e. The van der Waals surface area contributed by atoms with Crippen LogP contribution in [0.2, 0.25) is 5.02 Å². The molecule has 0 radical (unpaired) electrons. The number of nitrogens with one attached hydrogen (secondary N) is 1. The first-order valence-electron chi connectivity index (χ1n) is 14.0. The summed E-state index contributed by atoms with van der Waals surface area (Å²) in [5, 5.41) is 2.84. The second kappa shape index (κ2) is 13.0. The number of amides is 1. The van der Waals surface area contributed by atoms with Crippen LogP contribution in [0.1, 0.15) is 47.9 Å². The maximum Gasteiger partial charge on any atom is 0.417 e. The van der Waals surface area contributed by atoms with Gasteiger partial charge in [0.2, 0.25) is 5.82 Å². The molecule has 5 rings (SSSR count). The quantitative estimate of drug-likeness (QED) is 0.143. The number of ether oxygens (including phenoxy) is 1. The van der Waals surface area contributed by atoms with E-state index in [4.69, 9.17) is 16.3 Å². The number of alkyl halides is 3. The number of halogens is 7. The Bertz CT molecular complexity index is 1520. The van der Waals surface area contributed by atoms with Gasteiger partial charge in [0.05, 0.1) is 17.2 Å². The number of benzene rings is 3. The smallest absolute Gasteiger partial charge is 0.417 e. The molecule has 0 unspecified atom stereocenters. The van der Waals surface area contributed by atoms with E-state index < -0.39 is 40.0 Å². The van der Waals surface area contributed by atoms with E-state index in [0.717, 1.165) is 41.7 Å². The average molecular weight is 623 g/mol. The normalized spacial score (nSPS) is 15.5. The molecular formula is C32H29ClF6N2O2. The summed E-state index contributed by atoms with van der Waals surface area (Å²) in [6, 6.07) is 12.8. The van der Waals surface area contributed by atoms with Gasteiger partial charge in [0.25, 0.3) is 5.91 Å². The average Bonchev–Trinajstić information content (AvgIpc) is 3.83. The zero-order valence-electron chi connectivity index (χ0n) is 23.0. The molecule has 43 heavy (non-hydrogen) atoms. The summed E-state index contributed by atoms with van der Waals surface area (Å²) >= 11 is 6.15. The van der Waals surface area contributed by atoms with Crippen LogP contribution in [0.4, 0.5) is 26.3 Å². The number of hydrogen-bond acceptors (Lipinski definition) is 3. The van der Waals surface area contributed by atoms with Crippen LogP contribution < -0.4 is 10.1 Å². The van der Waals surface area contributed by atoms with Crippen LogP contribution in [0.5, 0.6) is 5.75 Å². The predicted molar refractivity (Wildman–Crippen MR) is 151 cm³/mol. The Morgan fingerprint density at radius 1 is 1.00 bits per heavy atom. The standard InChI is InChI=1S/C32H29ClF6N2O2/c33-28-21(4-1-5-25(28)32(37,38)39)18-41(22-10-11-22)31(42)24-17-40-15-14-23(24)20-8-6-19(7-9-20)3-2-16-43-30-27(35)13-12-26(34)29(30)36/h1,4-9,12-13,22,40H,2-3,10-11,14-18H2. The predicted octanol–water partition coefficient (Wildman–Crippen LogP) is 7.73. The van der Waals surface area contributed by atoms with Gasteiger partial charge < -0.3 is 15.0 Å². The second-order valence-electron chi connectivity index (χ2n) is 10.6. The summed E-state index contributed by atoms with van der Waals surface area (Å²) < 4.78 is 86.3. The van der Waals surface area contributed by atoms with Gasteiger partial charge in [0, 0.05) is 24.7 Å². The van der Waals surface area contributed by atoms with E-state index in [2.05, 4.69) is 5.32 Å². The van der Waals surface area contributed by atoms with Gasteiger partial charge in [0.1, 0.15) is 0 Å². The fourth-order valence-electron chi connectivity index (χ4n) is 5.20. The molecule has 3 aromatic carbocycles. The van der Waals surface area contributed by atoms with Crippen LogP contribution in [-0.4, -0.2) is 36.5 Å². The number of aryl methyl sites for hydroxylation is 1. The van der Waals surface area contributed by atoms with Gasteiger partial charge in [-0.1, -0.05) is 48.0 Å². The molecular weight excluding hydrogens is 594 g/mol. The first-order chi connectivity index (χ1) is 20.5. The van der Waals surface area contributed by atoms with Crippen LogP contribution in [0.25, 0.3) is 5.57 Å². The molecule has 0 bridgehead atoms. The Hall–Kier alpha value is -3.50. The molecule has 1 N–H and O–H groups in total. The van der Waals surface area contributed by atoms with Crippen molar-refractivity contribution in [2.75, 3.05) is 19.7 Å². The van der Waals surface area contributed by atoms with Crippen LogP contribution in [-0.2, 0) is 23.9 Å². The van der Waals surface area contributed by atoms with E-state index in [-0.39, 0.29) is 30.7 Å². The van der Waals surface area contributed by atoms with Gasteiger partial charge in [-0.25, -0.2) is 8.78 Å². The highest BCUT2D eigenvalue weighted by molar-refractivity contribution is 6.32. The summed E-state index contributed by atoms with van der Waals surface area (Å²) in [6.07, 6.45) is -1.48. The molecule has 0 saturated heterocycles. The van der Waals surface area contributed by atoms with Crippen molar-refractivity contribution in [2.45, 2.75) is 50.9 Å². The lowest BCUT2D eigenvalue weighted by atomic mass is 9.92. The van der Waals surface area contributed by atoms with E-state index in [0.29, 0.717) is 44.0 Å². The van der Waals surface area contributed by atoms with E-state index in [1.54, 1.807) is 4.90 Å². The summed E-state index contributed by atoms with van der Waals surface area (Å²) in [7, 11) is 0. The maximum atomic E-state index is 13.9. The Kier molecular flexibility index (Phi) is 9.36. The Balaban J connectivity index is 1.28. The molecule has 2 aliphatic rings. The number of rotatable bonds is 10. The lowest BCUT2D eigenvalue weighted by Crippen LogP contribution is -2.39. The summed E-state index contributed by atoms with van der Waals surface area (Å²) in [5.74, 6) is -4.47. The molecule has 1 amide bonds. The highest BCUT2D eigenvalue weighted by Crippen LogP contribution is 2.38. The number of carbonyl (C=O) groups is 1. The fraction of sp³-hybridized carbons (Fsp3) is 0.344. The van der Waals surface area contributed by atoms with Crippen molar-refractivity contribution in [3.8, 4) is 5.75 Å². The Morgan fingerprint density at radius 2 is 1.72 bits per heavy atom. The van der Waals surface area contributed by atoms with Crippen molar-refractivity contribution in [2.24, 2.45) is 0 Å². The van der Waals surface area contributed by atoms with Crippen LogP contribution in [0.15, 0.2) is 60.2 Å². The summed E-state index contributed by atoms with van der Waals surface area (Å²) in [4.78, 5) is 15.5. The second-order valence-corrected chi connectivity index (χ2v) is 11.0. The molecule has 11 heteroatoms. The molecule has 0 atom stereocenters. The highest BCUT2D eigenvalue weighted by atomic mass is 35.5.